The minimum atomic E-state index is -1.38. The molecule has 1 aromatic heterocycles. The Hall–Kier alpha value is -3.40. The van der Waals surface area contributed by atoms with Gasteiger partial charge in [-0.3, -0.25) is 9.59 Å². The monoisotopic (exact) mass is 306 g/mol. The molecule has 0 aliphatic rings. The molecule has 2 rings (SSSR count). The van der Waals surface area contributed by atoms with Crippen LogP contribution in [0.4, 0.5) is 0 Å². The van der Waals surface area contributed by atoms with Crippen molar-refractivity contribution in [1.29, 1.82) is 8.12 Å². The summed E-state index contributed by atoms with van der Waals surface area (Å²) in [5, 5.41) is 17.0. The number of pyridine rings is 1. The first-order valence-electron chi connectivity index (χ1n) is 9.89. The summed E-state index contributed by atoms with van der Waals surface area (Å²) in [5.74, 6) is -3.53. The minimum absolute atomic E-state index is 0.00328. The van der Waals surface area contributed by atoms with Gasteiger partial charge < -0.3 is 15.5 Å². The Morgan fingerprint density at radius 3 is 3.05 bits per heavy atom. The second-order valence-corrected chi connectivity index (χ2v) is 3.76. The van der Waals surface area contributed by atoms with E-state index < -0.39 is 82.9 Å². The van der Waals surface area contributed by atoms with E-state index in [1.807, 2.05) is 0 Å². The number of carbonyl (C=O) groups excluding carboxylic acids is 1. The molecule has 3 N–H and O–H groups in total. The number of nitrogens with one attached hydrogen (secondary N) is 1. The van der Waals surface area contributed by atoms with Crippen LogP contribution in [0.2, 0.25) is 1.41 Å². The summed E-state index contributed by atoms with van der Waals surface area (Å²) < 4.78 is 69.0. The molecule has 0 aliphatic heterocycles. The molecule has 0 saturated carbocycles. The number of aromatic nitrogens is 1. The van der Waals surface area contributed by atoms with Crippen molar-refractivity contribution in [1.82, 2.24) is 10.3 Å². The van der Waals surface area contributed by atoms with Crippen LogP contribution in [-0.2, 0) is 4.79 Å². The molecule has 2 aromatic rings. The Kier molecular flexibility index (Phi) is 2.04. The molecular weight excluding hydrogens is 286 g/mol. The zero-order valence-corrected chi connectivity index (χ0v) is 10.7. The van der Waals surface area contributed by atoms with Crippen LogP contribution in [-0.4, -0.2) is 35.1 Å². The fourth-order valence-electron chi connectivity index (χ4n) is 1.36. The molecule has 0 aliphatic carbocycles. The van der Waals surface area contributed by atoms with Crippen molar-refractivity contribution in [3.8, 4) is 22.9 Å². The Morgan fingerprint density at radius 1 is 1.45 bits per heavy atom. The van der Waals surface area contributed by atoms with Crippen molar-refractivity contribution in [2.45, 2.75) is 0 Å². The fraction of sp³-hybridized carbons (Fsp3) is 0.0667. The average Bonchev–Trinajstić information content (AvgIpc) is 2.73. The van der Waals surface area contributed by atoms with Crippen LogP contribution in [0, 0.1) is 11.3 Å². The summed E-state index contributed by atoms with van der Waals surface area (Å²) in [5.41, 5.74) is -2.66. The van der Waals surface area contributed by atoms with Gasteiger partial charge >= 0.3 is 5.97 Å². The highest BCUT2D eigenvalue weighted by Crippen LogP contribution is 2.25. The van der Waals surface area contributed by atoms with Gasteiger partial charge in [-0.05, 0) is 23.7 Å². The number of nitrogens with zero attached hydrogens (tertiary/aromatic N) is 2. The minimum Gasteiger partial charge on any atom is -0.505 e. The lowest BCUT2D eigenvalue weighted by molar-refractivity contribution is -0.135. The molecule has 7 heteroatoms. The van der Waals surface area contributed by atoms with Crippen LogP contribution >= 0.6 is 0 Å². The number of rotatable bonds is 5. The predicted molar refractivity (Wildman–Crippen MR) is 76.0 cm³/mol. The van der Waals surface area contributed by atoms with E-state index in [2.05, 4.69) is 15.2 Å². The van der Waals surface area contributed by atoms with Crippen LogP contribution < -0.4 is 5.31 Å². The standard InChI is InChI=1S/C15H11N3O4/c16-6-9-2-1-3-10(4-9)11-5-12(19)14(17-7-11)15(22)18-8-13(20)21/h1-5,7,19H,8H2,(H,18,22)(H,20,21)/i1D,2D,3D,4D,5D,7D/hD3. The number of hydrogen-bond acceptors (Lipinski definition) is 6. The molecule has 1 aromatic carbocycles. The van der Waals surface area contributed by atoms with Crippen LogP contribution in [0.5, 0.6) is 5.75 Å². The van der Waals surface area contributed by atoms with Gasteiger partial charge in [0.05, 0.1) is 19.9 Å². The van der Waals surface area contributed by atoms with E-state index in [0.29, 0.717) is 0 Å². The van der Waals surface area contributed by atoms with Crippen molar-refractivity contribution in [3.05, 3.63) is 47.6 Å². The van der Waals surface area contributed by atoms with E-state index in [0.717, 1.165) is 0 Å². The molecule has 0 bridgehead atoms. The van der Waals surface area contributed by atoms with Gasteiger partial charge in [-0.25, -0.2) is 4.98 Å². The van der Waals surface area contributed by atoms with Crippen molar-refractivity contribution in [3.63, 3.8) is 0 Å². The number of aromatic hydroxyl groups is 1. The first-order chi connectivity index (χ1) is 14.5. The Balaban J connectivity index is 2.79. The number of benzene rings is 1. The molecule has 0 unspecified atom stereocenters. The second-order valence-electron chi connectivity index (χ2n) is 3.76. The number of hydrogen-bond donors (Lipinski definition) is 3. The van der Waals surface area contributed by atoms with Gasteiger partial charge in [0.25, 0.3) is 8.77 Å². The molecule has 0 radical (unpaired) electrons. The molecule has 22 heavy (non-hydrogen) atoms. The molecule has 0 atom stereocenters. The molecule has 1 amide bonds. The highest BCUT2D eigenvalue weighted by atomic mass is 16.4. The summed E-state index contributed by atoms with van der Waals surface area (Å²) in [6.45, 7) is -1.00. The third-order valence-electron chi connectivity index (χ3n) is 2.27. The van der Waals surface area contributed by atoms with Gasteiger partial charge in [0.15, 0.2) is 7.11 Å². The van der Waals surface area contributed by atoms with E-state index in [9.17, 15) is 14.9 Å². The van der Waals surface area contributed by atoms with E-state index in [1.165, 1.54) is 0 Å². The molecule has 0 spiro atoms. The van der Waals surface area contributed by atoms with Crippen molar-refractivity contribution in [2.24, 2.45) is 0 Å². The Morgan fingerprint density at radius 2 is 2.32 bits per heavy atom. The highest BCUT2D eigenvalue weighted by Gasteiger charge is 2.15. The Bertz CT molecular complexity index is 1140. The van der Waals surface area contributed by atoms with Crippen LogP contribution in [0.15, 0.2) is 36.4 Å². The largest absolute Gasteiger partial charge is 0.505 e. The summed E-state index contributed by atoms with van der Waals surface area (Å²) in [4.78, 5) is 27.0. The number of carboxylic acid groups (broad SMARTS) is 1. The zero-order valence-electron chi connectivity index (χ0n) is 19.7. The van der Waals surface area contributed by atoms with E-state index in [-0.39, 0.29) is 5.31 Å². The number of carbonyl (C=O) groups is 2. The van der Waals surface area contributed by atoms with Crippen molar-refractivity contribution in [2.75, 3.05) is 6.54 Å². The molecule has 7 nitrogen and oxygen atoms in total. The molecule has 110 valence electrons. The summed E-state index contributed by atoms with van der Waals surface area (Å²) in [7, 11) is 0. The summed E-state index contributed by atoms with van der Waals surface area (Å²) >= 11 is 0. The molecule has 0 fully saturated rings. The highest BCUT2D eigenvalue weighted by molar-refractivity contribution is 5.96. The van der Waals surface area contributed by atoms with E-state index in [1.54, 1.807) is 6.07 Å². The maximum atomic E-state index is 12.4. The Labute approximate surface area is 138 Å². The van der Waals surface area contributed by atoms with Crippen molar-refractivity contribution >= 4 is 11.9 Å². The SMILES string of the molecule is [2H]OC(=O)CN([2H])C(=O)c1nc([2H])c(-c2c([2H])c([2H])c([2H])c(C#N)c2[2H])c([2H])c1O[2H]. The van der Waals surface area contributed by atoms with Gasteiger partial charge in [0.1, 0.15) is 12.3 Å². The predicted octanol–water partition coefficient (Wildman–Crippen LogP) is 1.14. The number of amides is 1. The lowest BCUT2D eigenvalue weighted by Gasteiger charge is -2.07. The first kappa shape index (κ1) is 7.04. The average molecular weight is 306 g/mol. The fourth-order valence-corrected chi connectivity index (χ4v) is 1.36. The summed E-state index contributed by atoms with van der Waals surface area (Å²) in [6, 6.07) is -2.26. The van der Waals surface area contributed by atoms with Gasteiger partial charge in [-0.1, -0.05) is 12.1 Å². The van der Waals surface area contributed by atoms with E-state index in [4.69, 9.17) is 12.5 Å². The van der Waals surface area contributed by atoms with Gasteiger partial charge in [0, 0.05) is 11.7 Å². The molecule has 1 heterocycles. The van der Waals surface area contributed by atoms with Crippen LogP contribution in [0.25, 0.3) is 12.6 Å². The molecule has 0 saturated heterocycles. The van der Waals surface area contributed by atoms with E-state index >= 15 is 0 Å². The third kappa shape index (κ3) is 3.37. The topological polar surface area (TPSA) is 123 Å². The lowest BCUT2D eigenvalue weighted by Crippen LogP contribution is -2.29. The van der Waals surface area contributed by atoms with Crippen molar-refractivity contribution < 1.29 is 29.4 Å². The van der Waals surface area contributed by atoms with Gasteiger partial charge in [-0.15, -0.1) is 0 Å². The zero-order chi connectivity index (χ0) is 23.6. The van der Waals surface area contributed by atoms with Gasteiger partial charge in [-0.2, -0.15) is 5.26 Å². The third-order valence-corrected chi connectivity index (χ3v) is 2.27. The maximum Gasteiger partial charge on any atom is 0.322 e. The van der Waals surface area contributed by atoms with Crippen LogP contribution in [0.1, 0.15) is 24.3 Å². The maximum absolute atomic E-state index is 12.4. The first-order valence-corrected chi connectivity index (χ1v) is 5.63. The number of aliphatic carboxylic acids is 1. The summed E-state index contributed by atoms with van der Waals surface area (Å²) in [6.07, 6.45) is -0.881. The normalized spacial score (nSPS) is 15.1. The lowest BCUT2D eigenvalue weighted by atomic mass is 10.0. The number of carboxylic acids is 1. The number of nitriles is 1. The van der Waals surface area contributed by atoms with Gasteiger partial charge in [0.2, 0.25) is 0 Å². The second kappa shape index (κ2) is 6.37. The quantitative estimate of drug-likeness (QED) is 0.761. The smallest absolute Gasteiger partial charge is 0.322 e. The molecular formula is C15H11N3O4. The van der Waals surface area contributed by atoms with Crippen LogP contribution in [0.3, 0.4) is 0 Å².